The molecule has 0 spiro atoms. The number of alkyl halides is 2. The smallest absolute Gasteiger partial charge is 0.0292 e. The molecule has 0 N–H and O–H groups in total. The Morgan fingerprint density at radius 1 is 0.727 bits per heavy atom. The predicted molar refractivity (Wildman–Crippen MR) is 104 cm³/mol. The quantitative estimate of drug-likeness (QED) is 0.406. The maximum absolute atomic E-state index is 3.71. The number of hydrogen-bond donors (Lipinski definition) is 0. The van der Waals surface area contributed by atoms with Gasteiger partial charge in [-0.3, -0.25) is 0 Å². The van der Waals surface area contributed by atoms with Crippen LogP contribution in [-0.4, -0.2) is 0 Å². The van der Waals surface area contributed by atoms with Crippen LogP contribution in [0, 0.1) is 13.8 Å². The first kappa shape index (κ1) is 15.8. The molecule has 3 rings (SSSR count). The number of hydrogen-bond acceptors (Lipinski definition) is 0. The van der Waals surface area contributed by atoms with Gasteiger partial charge in [0.25, 0.3) is 0 Å². The number of benzene rings is 3. The van der Waals surface area contributed by atoms with Gasteiger partial charge in [0, 0.05) is 10.7 Å². The van der Waals surface area contributed by atoms with Crippen molar-refractivity contribution in [3.8, 4) is 11.1 Å². The first-order valence-electron chi connectivity index (χ1n) is 7.40. The second kappa shape index (κ2) is 6.55. The Hall–Kier alpha value is -1.12. The lowest BCUT2D eigenvalue weighted by Gasteiger charge is -2.20. The van der Waals surface area contributed by atoms with E-state index in [1.807, 2.05) is 0 Å². The summed E-state index contributed by atoms with van der Waals surface area (Å²) < 4.78 is 0. The Balaban J connectivity index is 2.45. The van der Waals surface area contributed by atoms with Gasteiger partial charge in [-0.1, -0.05) is 80.4 Å². The van der Waals surface area contributed by atoms with Crippen LogP contribution in [0.25, 0.3) is 21.9 Å². The molecule has 0 nitrogen and oxygen atoms in total. The molecule has 0 aliphatic rings. The monoisotopic (exact) mass is 416 g/mol. The SMILES string of the molecule is Cc1c(CBr)c(-c2ccccc2CBr)c(C)c2ccccc12. The average Bonchev–Trinajstić information content (AvgIpc) is 2.58. The Morgan fingerprint density at radius 2 is 1.32 bits per heavy atom. The molecule has 0 radical (unpaired) electrons. The van der Waals surface area contributed by atoms with Crippen LogP contribution >= 0.6 is 31.9 Å². The van der Waals surface area contributed by atoms with E-state index in [4.69, 9.17) is 0 Å². The van der Waals surface area contributed by atoms with Gasteiger partial charge in [-0.25, -0.2) is 0 Å². The highest BCUT2D eigenvalue weighted by Crippen LogP contribution is 2.39. The standard InChI is InChI=1S/C20H18Br2/c1-13-16-8-5-6-9-17(16)14(2)20(19(13)12-22)18-10-4-3-7-15(18)11-21/h3-10H,11-12H2,1-2H3. The number of fused-ring (bicyclic) bond motifs is 1. The van der Waals surface area contributed by atoms with E-state index in [-0.39, 0.29) is 0 Å². The molecule has 0 fully saturated rings. The fraction of sp³-hybridized carbons (Fsp3) is 0.200. The van der Waals surface area contributed by atoms with Crippen molar-refractivity contribution in [3.05, 3.63) is 70.8 Å². The highest BCUT2D eigenvalue weighted by Gasteiger charge is 2.17. The van der Waals surface area contributed by atoms with Crippen molar-refractivity contribution in [1.82, 2.24) is 0 Å². The molecule has 0 amide bonds. The molecule has 0 bridgehead atoms. The average molecular weight is 418 g/mol. The summed E-state index contributed by atoms with van der Waals surface area (Å²) in [5, 5.41) is 4.45. The summed E-state index contributed by atoms with van der Waals surface area (Å²) in [7, 11) is 0. The van der Waals surface area contributed by atoms with Crippen LogP contribution in [-0.2, 0) is 10.7 Å². The maximum atomic E-state index is 3.71. The third-order valence-electron chi connectivity index (χ3n) is 4.43. The fourth-order valence-corrected chi connectivity index (χ4v) is 4.45. The molecule has 0 saturated carbocycles. The van der Waals surface area contributed by atoms with Crippen LogP contribution < -0.4 is 0 Å². The maximum Gasteiger partial charge on any atom is 0.0292 e. The van der Waals surface area contributed by atoms with Crippen molar-refractivity contribution in [2.75, 3.05) is 0 Å². The summed E-state index contributed by atoms with van der Waals surface area (Å²) in [6, 6.07) is 17.4. The van der Waals surface area contributed by atoms with E-state index in [9.17, 15) is 0 Å². The van der Waals surface area contributed by atoms with Gasteiger partial charge < -0.3 is 0 Å². The van der Waals surface area contributed by atoms with Gasteiger partial charge in [0.15, 0.2) is 0 Å². The molecule has 3 aromatic carbocycles. The van der Waals surface area contributed by atoms with Crippen molar-refractivity contribution >= 4 is 42.6 Å². The van der Waals surface area contributed by atoms with Gasteiger partial charge in [0.1, 0.15) is 0 Å². The van der Waals surface area contributed by atoms with Crippen molar-refractivity contribution in [1.29, 1.82) is 0 Å². The van der Waals surface area contributed by atoms with Gasteiger partial charge >= 0.3 is 0 Å². The lowest BCUT2D eigenvalue weighted by atomic mass is 9.86. The third kappa shape index (κ3) is 2.53. The molecule has 0 aromatic heterocycles. The largest absolute Gasteiger partial charge is 0.0876 e. The van der Waals surface area contributed by atoms with Crippen molar-refractivity contribution in [2.24, 2.45) is 0 Å². The number of aryl methyl sites for hydroxylation is 2. The van der Waals surface area contributed by atoms with Crippen LogP contribution in [0.5, 0.6) is 0 Å². The zero-order valence-corrected chi connectivity index (χ0v) is 16.0. The van der Waals surface area contributed by atoms with E-state index in [0.29, 0.717) is 0 Å². The molecule has 2 heteroatoms. The Kier molecular flexibility index (Phi) is 4.70. The minimum Gasteiger partial charge on any atom is -0.0876 e. The molecular weight excluding hydrogens is 400 g/mol. The van der Waals surface area contributed by atoms with Crippen LogP contribution in [0.15, 0.2) is 48.5 Å². The molecule has 3 aromatic rings. The second-order valence-electron chi connectivity index (χ2n) is 5.57. The summed E-state index contributed by atoms with van der Waals surface area (Å²) in [5.41, 5.74) is 8.18. The third-order valence-corrected chi connectivity index (χ3v) is 5.59. The van der Waals surface area contributed by atoms with E-state index in [1.54, 1.807) is 0 Å². The van der Waals surface area contributed by atoms with E-state index in [2.05, 4.69) is 94.2 Å². The summed E-state index contributed by atoms with van der Waals surface area (Å²) in [6.45, 7) is 4.48. The van der Waals surface area contributed by atoms with Crippen LogP contribution in [0.3, 0.4) is 0 Å². The Labute approximate surface area is 148 Å². The second-order valence-corrected chi connectivity index (χ2v) is 6.70. The number of rotatable bonds is 3. The zero-order chi connectivity index (χ0) is 15.7. The first-order valence-corrected chi connectivity index (χ1v) is 9.64. The van der Waals surface area contributed by atoms with Gasteiger partial charge in [0.05, 0.1) is 0 Å². The minimum atomic E-state index is 0.871. The zero-order valence-electron chi connectivity index (χ0n) is 12.8. The molecule has 112 valence electrons. The molecule has 22 heavy (non-hydrogen) atoms. The number of halogens is 2. The summed E-state index contributed by atoms with van der Waals surface area (Å²) >= 11 is 7.34. The molecule has 0 saturated heterocycles. The fourth-order valence-electron chi connectivity index (χ4n) is 3.26. The van der Waals surface area contributed by atoms with Gasteiger partial charge in [-0.15, -0.1) is 0 Å². The molecule has 0 aliphatic carbocycles. The topological polar surface area (TPSA) is 0 Å². The highest BCUT2D eigenvalue weighted by atomic mass is 79.9. The lowest BCUT2D eigenvalue weighted by Crippen LogP contribution is -1.99. The normalized spacial score (nSPS) is 11.1. The summed E-state index contributed by atoms with van der Waals surface area (Å²) in [4.78, 5) is 0. The van der Waals surface area contributed by atoms with Crippen LogP contribution in [0.1, 0.15) is 22.3 Å². The molecule has 0 unspecified atom stereocenters. The van der Waals surface area contributed by atoms with Crippen LogP contribution in [0.2, 0.25) is 0 Å². The lowest BCUT2D eigenvalue weighted by molar-refractivity contribution is 1.30. The van der Waals surface area contributed by atoms with Gasteiger partial charge in [-0.2, -0.15) is 0 Å². The van der Waals surface area contributed by atoms with Gasteiger partial charge in [-0.05, 0) is 58.0 Å². The van der Waals surface area contributed by atoms with Crippen molar-refractivity contribution < 1.29 is 0 Å². The molecular formula is C20H18Br2. The van der Waals surface area contributed by atoms with E-state index in [1.165, 1.54) is 44.2 Å². The van der Waals surface area contributed by atoms with Crippen molar-refractivity contribution in [2.45, 2.75) is 24.5 Å². The van der Waals surface area contributed by atoms with E-state index < -0.39 is 0 Å². The Morgan fingerprint density at radius 3 is 1.95 bits per heavy atom. The van der Waals surface area contributed by atoms with E-state index >= 15 is 0 Å². The highest BCUT2D eigenvalue weighted by molar-refractivity contribution is 9.08. The minimum absolute atomic E-state index is 0.871. The Bertz CT molecular complexity index is 834. The first-order chi connectivity index (χ1) is 10.7. The predicted octanol–water partition coefficient (Wildman–Crippen LogP) is 6.91. The molecule has 0 aliphatic heterocycles. The summed E-state index contributed by atoms with van der Waals surface area (Å²) in [5.74, 6) is 0. The van der Waals surface area contributed by atoms with Crippen LogP contribution in [0.4, 0.5) is 0 Å². The van der Waals surface area contributed by atoms with E-state index in [0.717, 1.165) is 10.7 Å². The molecule has 0 heterocycles. The van der Waals surface area contributed by atoms with Gasteiger partial charge in [0.2, 0.25) is 0 Å². The molecule has 0 atom stereocenters. The summed E-state index contributed by atoms with van der Waals surface area (Å²) in [6.07, 6.45) is 0. The van der Waals surface area contributed by atoms with Crippen molar-refractivity contribution in [3.63, 3.8) is 0 Å².